The number of aliphatic hydroxyl groups is 1. The second kappa shape index (κ2) is 10.7. The number of rotatable bonds is 7. The lowest BCUT2D eigenvalue weighted by Crippen LogP contribution is -2.23. The number of fused-ring (bicyclic) bond motifs is 1. The minimum absolute atomic E-state index is 0.0758. The number of aliphatic hydroxyl groups excluding tert-OH is 1. The molecule has 216 valence electrons. The maximum absolute atomic E-state index is 13.6. The van der Waals surface area contributed by atoms with Gasteiger partial charge in [0, 0.05) is 38.3 Å². The predicted molar refractivity (Wildman–Crippen MR) is 164 cm³/mol. The van der Waals surface area contributed by atoms with Crippen molar-refractivity contribution in [1.82, 2.24) is 24.5 Å². The third kappa shape index (κ3) is 5.10. The summed E-state index contributed by atoms with van der Waals surface area (Å²) in [5.41, 5.74) is 8.79. The number of amides is 1. The summed E-state index contributed by atoms with van der Waals surface area (Å²) in [6, 6.07) is 14.7. The maximum Gasteiger partial charge on any atom is 0.279 e. The summed E-state index contributed by atoms with van der Waals surface area (Å²) in [6.45, 7) is 5.93. The molecular weight excluding hydrogens is 532 g/mol. The first-order valence-corrected chi connectivity index (χ1v) is 13.4. The second-order valence-corrected chi connectivity index (χ2v) is 11.3. The molecule has 0 fully saturated rings. The summed E-state index contributed by atoms with van der Waals surface area (Å²) in [6.07, 6.45) is 4.88. The number of aromatic nitrogens is 5. The molecule has 11 heteroatoms. The molecule has 42 heavy (non-hydrogen) atoms. The van der Waals surface area contributed by atoms with Crippen LogP contribution in [0.25, 0.3) is 22.1 Å². The minimum atomic E-state index is -0.670. The Kier molecular flexibility index (Phi) is 7.29. The summed E-state index contributed by atoms with van der Waals surface area (Å²) >= 11 is 0. The Balaban J connectivity index is 1.60. The molecule has 0 saturated carbocycles. The number of nitrogens with zero attached hydrogens (tertiary/aromatic N) is 7. The van der Waals surface area contributed by atoms with Gasteiger partial charge in [0.1, 0.15) is 11.4 Å². The Bertz CT molecular complexity index is 1850. The molecule has 0 saturated heterocycles. The molecule has 3 heterocycles. The lowest BCUT2D eigenvalue weighted by Gasteiger charge is -2.19. The highest BCUT2D eigenvalue weighted by Gasteiger charge is 2.23. The van der Waals surface area contributed by atoms with Gasteiger partial charge < -0.3 is 20.6 Å². The van der Waals surface area contributed by atoms with E-state index in [-0.39, 0.29) is 22.4 Å². The maximum atomic E-state index is 13.6. The van der Waals surface area contributed by atoms with Gasteiger partial charge in [-0.2, -0.15) is 9.78 Å². The Morgan fingerprint density at radius 3 is 2.38 bits per heavy atom. The quantitative estimate of drug-likeness (QED) is 0.305. The second-order valence-electron chi connectivity index (χ2n) is 11.3. The van der Waals surface area contributed by atoms with E-state index >= 15 is 0 Å². The van der Waals surface area contributed by atoms with Crippen LogP contribution in [0.2, 0.25) is 0 Å². The van der Waals surface area contributed by atoms with Crippen molar-refractivity contribution in [3.63, 3.8) is 0 Å². The van der Waals surface area contributed by atoms with E-state index in [0.717, 1.165) is 16.6 Å². The van der Waals surface area contributed by atoms with E-state index in [0.29, 0.717) is 28.1 Å². The van der Waals surface area contributed by atoms with E-state index < -0.39 is 12.5 Å². The standard InChI is InChI=1S/C31H34N8O3/c1-31(2,3)20-10-12-22-19(14-20)15-34-39(30(22)42)26-9-7-8-25(24(26)18-40)38-17-23(28(32)41)29(35-38)37(6)27-13-11-21(16-33-27)36(4)5/h7-17,40H,18H2,1-6H3,(H2,32,41). The molecule has 5 rings (SSSR count). The Hall–Kier alpha value is -5.03. The zero-order chi connectivity index (χ0) is 30.3. The van der Waals surface area contributed by atoms with Crippen molar-refractivity contribution in [1.29, 1.82) is 0 Å². The van der Waals surface area contributed by atoms with Crippen LogP contribution in [0, 0.1) is 0 Å². The van der Waals surface area contributed by atoms with Gasteiger partial charge in [-0.15, -0.1) is 5.10 Å². The largest absolute Gasteiger partial charge is 0.392 e. The summed E-state index contributed by atoms with van der Waals surface area (Å²) in [4.78, 5) is 34.1. The van der Waals surface area contributed by atoms with E-state index in [1.54, 1.807) is 42.5 Å². The van der Waals surface area contributed by atoms with Crippen LogP contribution in [0.3, 0.4) is 0 Å². The topological polar surface area (TPSA) is 135 Å². The number of hydrogen-bond donors (Lipinski definition) is 2. The van der Waals surface area contributed by atoms with Gasteiger partial charge in [0.2, 0.25) is 0 Å². The normalized spacial score (nSPS) is 11.6. The van der Waals surface area contributed by atoms with Crippen molar-refractivity contribution < 1.29 is 9.90 Å². The smallest absolute Gasteiger partial charge is 0.279 e. The molecule has 0 atom stereocenters. The zero-order valence-corrected chi connectivity index (χ0v) is 24.5. The van der Waals surface area contributed by atoms with Crippen molar-refractivity contribution in [2.45, 2.75) is 32.8 Å². The van der Waals surface area contributed by atoms with Crippen molar-refractivity contribution in [2.75, 3.05) is 30.9 Å². The molecule has 2 aromatic carbocycles. The summed E-state index contributed by atoms with van der Waals surface area (Å²) < 4.78 is 2.74. The molecule has 11 nitrogen and oxygen atoms in total. The first kappa shape index (κ1) is 28.5. The molecule has 0 aliphatic heterocycles. The van der Waals surface area contributed by atoms with Crippen molar-refractivity contribution in [3.05, 3.63) is 94.2 Å². The van der Waals surface area contributed by atoms with Crippen molar-refractivity contribution >= 4 is 34.0 Å². The SMILES string of the molecule is CN(C)c1ccc(N(C)c2nn(-c3cccc(-n4ncc5cc(C(C)(C)C)ccc5c4=O)c3CO)cc2C(N)=O)nc1. The van der Waals surface area contributed by atoms with Crippen LogP contribution in [0.5, 0.6) is 0 Å². The van der Waals surface area contributed by atoms with Gasteiger partial charge in [-0.25, -0.2) is 9.67 Å². The first-order chi connectivity index (χ1) is 19.9. The summed E-state index contributed by atoms with van der Waals surface area (Å²) in [7, 11) is 5.58. The molecule has 3 aromatic heterocycles. The molecule has 3 N–H and O–H groups in total. The molecule has 1 amide bonds. The molecule has 0 aliphatic carbocycles. The van der Waals surface area contributed by atoms with Crippen LogP contribution in [-0.4, -0.2) is 56.7 Å². The molecule has 5 aromatic rings. The van der Waals surface area contributed by atoms with Crippen LogP contribution in [0.4, 0.5) is 17.3 Å². The Morgan fingerprint density at radius 1 is 1.02 bits per heavy atom. The van der Waals surface area contributed by atoms with Gasteiger partial charge in [0.15, 0.2) is 5.82 Å². The van der Waals surface area contributed by atoms with Crippen molar-refractivity contribution in [3.8, 4) is 11.4 Å². The van der Waals surface area contributed by atoms with E-state index in [4.69, 9.17) is 5.73 Å². The van der Waals surface area contributed by atoms with Crippen LogP contribution < -0.4 is 21.1 Å². The predicted octanol–water partition coefficient (Wildman–Crippen LogP) is 3.69. The lowest BCUT2D eigenvalue weighted by atomic mass is 9.86. The number of carbonyl (C=O) groups excluding carboxylic acids is 1. The van der Waals surface area contributed by atoms with E-state index in [2.05, 4.69) is 36.0 Å². The number of primary amides is 1. The Morgan fingerprint density at radius 2 is 1.76 bits per heavy atom. The van der Waals surface area contributed by atoms with Crippen LogP contribution in [0.15, 0.2) is 71.9 Å². The van der Waals surface area contributed by atoms with Crippen molar-refractivity contribution in [2.24, 2.45) is 5.73 Å². The van der Waals surface area contributed by atoms with Crippen LogP contribution in [-0.2, 0) is 12.0 Å². The van der Waals surface area contributed by atoms with Crippen LogP contribution >= 0.6 is 0 Å². The highest BCUT2D eigenvalue weighted by molar-refractivity contribution is 5.98. The number of carbonyl (C=O) groups is 1. The Labute approximate surface area is 243 Å². The molecule has 0 aliphatic rings. The fraction of sp³-hybridized carbons (Fsp3) is 0.258. The summed E-state index contributed by atoms with van der Waals surface area (Å²) in [5, 5.41) is 20.9. The highest BCUT2D eigenvalue weighted by atomic mass is 16.3. The fourth-order valence-corrected chi connectivity index (χ4v) is 4.79. The number of anilines is 3. The average Bonchev–Trinajstić information content (AvgIpc) is 3.42. The van der Waals surface area contributed by atoms with Gasteiger partial charge in [0.05, 0.1) is 41.4 Å². The van der Waals surface area contributed by atoms with Gasteiger partial charge in [0.25, 0.3) is 11.5 Å². The highest BCUT2D eigenvalue weighted by Crippen LogP contribution is 2.29. The van der Waals surface area contributed by atoms with Crippen LogP contribution in [0.1, 0.15) is 42.3 Å². The van der Waals surface area contributed by atoms with E-state index in [9.17, 15) is 14.7 Å². The van der Waals surface area contributed by atoms with Gasteiger partial charge in [-0.05, 0) is 47.4 Å². The van der Waals surface area contributed by atoms with Gasteiger partial charge in [-0.1, -0.05) is 32.9 Å². The molecule has 0 radical (unpaired) electrons. The number of benzene rings is 2. The fourth-order valence-electron chi connectivity index (χ4n) is 4.79. The monoisotopic (exact) mass is 566 g/mol. The molecule has 0 unspecified atom stereocenters. The molecular formula is C31H34N8O3. The number of hydrogen-bond acceptors (Lipinski definition) is 8. The molecule has 0 spiro atoms. The minimum Gasteiger partial charge on any atom is -0.392 e. The van der Waals surface area contributed by atoms with E-state index in [1.807, 2.05) is 49.3 Å². The number of nitrogens with two attached hydrogens (primary N) is 1. The third-order valence-corrected chi connectivity index (χ3v) is 7.28. The molecule has 0 bridgehead atoms. The summed E-state index contributed by atoms with van der Waals surface area (Å²) in [5.74, 6) is 0.181. The third-order valence-electron chi connectivity index (χ3n) is 7.28. The first-order valence-electron chi connectivity index (χ1n) is 13.4. The average molecular weight is 567 g/mol. The van der Waals surface area contributed by atoms with Gasteiger partial charge >= 0.3 is 0 Å². The lowest BCUT2D eigenvalue weighted by molar-refractivity contribution is 0.100. The number of pyridine rings is 1. The van der Waals surface area contributed by atoms with E-state index in [1.165, 1.54) is 15.6 Å². The zero-order valence-electron chi connectivity index (χ0n) is 24.5. The van der Waals surface area contributed by atoms with Gasteiger partial charge in [-0.3, -0.25) is 9.59 Å².